The Kier molecular flexibility index (Phi) is 14.3. The number of carbonyl (C=O) groups is 1. The normalized spacial score (nSPS) is 12.3. The van der Waals surface area contributed by atoms with E-state index in [-0.39, 0.29) is 18.7 Å². The van der Waals surface area contributed by atoms with Crippen LogP contribution in [-0.4, -0.2) is 43.8 Å². The monoisotopic (exact) mass is 496 g/mol. The zero-order chi connectivity index (χ0) is 26.1. The second kappa shape index (κ2) is 17.2. The summed E-state index contributed by atoms with van der Waals surface area (Å²) in [6, 6.07) is 18.8. The molecular weight excluding hydrogens is 446 g/mol. The van der Waals surface area contributed by atoms with Crippen LogP contribution < -0.4 is 4.74 Å². The lowest BCUT2D eigenvalue weighted by Crippen LogP contribution is -2.40. The van der Waals surface area contributed by atoms with Crippen LogP contribution >= 0.6 is 0 Å². The van der Waals surface area contributed by atoms with Crippen LogP contribution in [0.25, 0.3) is 0 Å². The number of hydrogen-bond donors (Lipinski definition) is 0. The van der Waals surface area contributed by atoms with Gasteiger partial charge < -0.3 is 14.0 Å². The third-order valence-corrected chi connectivity index (χ3v) is 6.68. The molecule has 1 atom stereocenters. The fourth-order valence-electron chi connectivity index (χ4n) is 4.47. The fraction of sp³-hybridized carbons (Fsp3) is 0.594. The largest absolute Gasteiger partial charge is 0.487 e. The molecule has 1 unspecified atom stereocenters. The van der Waals surface area contributed by atoms with Crippen molar-refractivity contribution in [2.75, 3.05) is 27.2 Å². The van der Waals surface area contributed by atoms with Gasteiger partial charge in [0.15, 0.2) is 0 Å². The smallest absolute Gasteiger partial charge is 0.311 e. The highest BCUT2D eigenvalue weighted by Gasteiger charge is 2.19. The first-order valence-electron chi connectivity index (χ1n) is 14.1. The Morgan fingerprint density at radius 2 is 1.42 bits per heavy atom. The summed E-state index contributed by atoms with van der Waals surface area (Å²) in [6.45, 7) is 6.11. The summed E-state index contributed by atoms with van der Waals surface area (Å²) in [6.07, 6.45) is 13.6. The van der Waals surface area contributed by atoms with E-state index in [1.54, 1.807) is 0 Å². The molecule has 4 nitrogen and oxygen atoms in total. The number of unbranched alkanes of at least 4 members (excludes halogenated alkanes) is 8. The molecule has 0 N–H and O–H groups in total. The predicted octanol–water partition coefficient (Wildman–Crippen LogP) is 7.74. The van der Waals surface area contributed by atoms with Gasteiger partial charge in [-0.15, -0.1) is 0 Å². The number of rotatable bonds is 19. The molecule has 0 spiro atoms. The SMILES string of the molecule is CCCCCCCCCCCc1ccc(OC(C)COC(=O)CC[N+](C)(C)Cc2ccccc2)cc1. The van der Waals surface area contributed by atoms with Crippen molar-refractivity contribution in [3.63, 3.8) is 0 Å². The van der Waals surface area contributed by atoms with Crippen molar-refractivity contribution in [1.82, 2.24) is 0 Å². The molecule has 0 radical (unpaired) electrons. The van der Waals surface area contributed by atoms with Crippen molar-refractivity contribution in [2.45, 2.75) is 97.1 Å². The minimum Gasteiger partial charge on any atom is -0.487 e. The van der Waals surface area contributed by atoms with Crippen LogP contribution in [0.2, 0.25) is 0 Å². The maximum absolute atomic E-state index is 12.3. The first kappa shape index (κ1) is 29.9. The minimum atomic E-state index is -0.177. The summed E-state index contributed by atoms with van der Waals surface area (Å²) in [4.78, 5) is 12.3. The third kappa shape index (κ3) is 13.7. The van der Waals surface area contributed by atoms with Gasteiger partial charge in [-0.1, -0.05) is 101 Å². The lowest BCUT2D eigenvalue weighted by molar-refractivity contribution is -0.903. The number of hydrogen-bond acceptors (Lipinski definition) is 3. The van der Waals surface area contributed by atoms with Crippen LogP contribution in [-0.2, 0) is 22.5 Å². The molecule has 0 fully saturated rings. The van der Waals surface area contributed by atoms with Gasteiger partial charge in [-0.25, -0.2) is 0 Å². The summed E-state index contributed by atoms with van der Waals surface area (Å²) in [5.74, 6) is 0.663. The van der Waals surface area contributed by atoms with E-state index in [4.69, 9.17) is 9.47 Å². The maximum Gasteiger partial charge on any atom is 0.311 e. The number of ether oxygens (including phenoxy) is 2. The Morgan fingerprint density at radius 1 is 0.806 bits per heavy atom. The number of carbonyl (C=O) groups excluding carboxylic acids is 1. The molecule has 2 aromatic rings. The van der Waals surface area contributed by atoms with Crippen molar-refractivity contribution in [3.8, 4) is 5.75 Å². The molecule has 0 aliphatic heterocycles. The average molecular weight is 497 g/mol. The lowest BCUT2D eigenvalue weighted by Gasteiger charge is -2.29. The van der Waals surface area contributed by atoms with Gasteiger partial charge >= 0.3 is 5.97 Å². The summed E-state index contributed by atoms with van der Waals surface area (Å²) in [5.41, 5.74) is 2.64. The molecule has 4 heteroatoms. The number of nitrogens with zero attached hydrogens (tertiary/aromatic N) is 1. The topological polar surface area (TPSA) is 35.5 Å². The molecule has 0 saturated heterocycles. The van der Waals surface area contributed by atoms with Gasteiger partial charge in [0.05, 0.1) is 27.1 Å². The van der Waals surface area contributed by atoms with Gasteiger partial charge in [0.1, 0.15) is 25.0 Å². The Labute approximate surface area is 220 Å². The van der Waals surface area contributed by atoms with Gasteiger partial charge in [-0.3, -0.25) is 4.79 Å². The van der Waals surface area contributed by atoms with Gasteiger partial charge in [-0.05, 0) is 37.5 Å². The maximum atomic E-state index is 12.3. The van der Waals surface area contributed by atoms with Crippen molar-refractivity contribution in [2.24, 2.45) is 0 Å². The van der Waals surface area contributed by atoms with E-state index in [1.807, 2.05) is 25.1 Å². The molecule has 0 aliphatic carbocycles. The Hall–Kier alpha value is -2.33. The van der Waals surface area contributed by atoms with E-state index in [9.17, 15) is 4.79 Å². The van der Waals surface area contributed by atoms with Crippen molar-refractivity contribution < 1.29 is 18.8 Å². The minimum absolute atomic E-state index is 0.166. The molecular formula is C32H50NO3+. The van der Waals surface area contributed by atoms with Crippen LogP contribution in [0.5, 0.6) is 5.75 Å². The average Bonchev–Trinajstić information content (AvgIpc) is 2.86. The third-order valence-electron chi connectivity index (χ3n) is 6.68. The van der Waals surface area contributed by atoms with Gasteiger partial charge in [0, 0.05) is 5.56 Å². The molecule has 0 aromatic heterocycles. The number of esters is 1. The molecule has 36 heavy (non-hydrogen) atoms. The Bertz CT molecular complexity index is 832. The quantitative estimate of drug-likeness (QED) is 0.113. The first-order chi connectivity index (χ1) is 17.4. The summed E-state index contributed by atoms with van der Waals surface area (Å²) in [5, 5.41) is 0. The van der Waals surface area contributed by atoms with Gasteiger partial charge in [0.2, 0.25) is 0 Å². The molecule has 200 valence electrons. The molecule has 0 amide bonds. The molecule has 0 heterocycles. The van der Waals surface area contributed by atoms with E-state index in [0.717, 1.165) is 29.7 Å². The highest BCUT2D eigenvalue weighted by molar-refractivity contribution is 5.69. The van der Waals surface area contributed by atoms with Gasteiger partial charge in [-0.2, -0.15) is 0 Å². The standard InChI is InChI=1S/C32H50NO3/c1-5-6-7-8-9-10-11-12-14-17-29-20-22-31(23-21-29)36-28(2)27-35-32(34)24-25-33(3,4)26-30-18-15-13-16-19-30/h13,15-16,18-23,28H,5-12,14,17,24-27H2,1-4H3/q+1. The zero-order valence-electron chi connectivity index (χ0n) is 23.3. The molecule has 0 saturated carbocycles. The summed E-state index contributed by atoms with van der Waals surface area (Å²) < 4.78 is 12.2. The van der Waals surface area contributed by atoms with Crippen LogP contribution in [0.4, 0.5) is 0 Å². The first-order valence-corrected chi connectivity index (χ1v) is 14.1. The second-order valence-electron chi connectivity index (χ2n) is 10.9. The summed E-state index contributed by atoms with van der Waals surface area (Å²) in [7, 11) is 4.29. The van der Waals surface area contributed by atoms with Crippen LogP contribution in [0.3, 0.4) is 0 Å². The number of aryl methyl sites for hydroxylation is 1. The lowest BCUT2D eigenvalue weighted by atomic mass is 10.0. The van der Waals surface area contributed by atoms with Crippen LogP contribution in [0, 0.1) is 0 Å². The molecule has 0 bridgehead atoms. The van der Waals surface area contributed by atoms with Crippen molar-refractivity contribution >= 4 is 5.97 Å². The van der Waals surface area contributed by atoms with Crippen LogP contribution in [0.15, 0.2) is 54.6 Å². The Balaban J connectivity index is 1.57. The predicted molar refractivity (Wildman–Crippen MR) is 150 cm³/mol. The van der Waals surface area contributed by atoms with Crippen molar-refractivity contribution in [3.05, 3.63) is 65.7 Å². The van der Waals surface area contributed by atoms with E-state index in [2.05, 4.69) is 57.4 Å². The Morgan fingerprint density at radius 3 is 2.06 bits per heavy atom. The fourth-order valence-corrected chi connectivity index (χ4v) is 4.47. The number of quaternary nitrogens is 1. The highest BCUT2D eigenvalue weighted by Crippen LogP contribution is 2.17. The highest BCUT2D eigenvalue weighted by atomic mass is 16.6. The molecule has 2 aromatic carbocycles. The van der Waals surface area contributed by atoms with E-state index in [0.29, 0.717) is 6.42 Å². The van der Waals surface area contributed by atoms with E-state index in [1.165, 1.54) is 68.9 Å². The summed E-state index contributed by atoms with van der Waals surface area (Å²) >= 11 is 0. The molecule has 0 aliphatic rings. The zero-order valence-corrected chi connectivity index (χ0v) is 23.3. The van der Waals surface area contributed by atoms with E-state index >= 15 is 0 Å². The number of benzene rings is 2. The second-order valence-corrected chi connectivity index (χ2v) is 10.9. The van der Waals surface area contributed by atoms with Gasteiger partial charge in [0.25, 0.3) is 0 Å². The van der Waals surface area contributed by atoms with Crippen LogP contribution in [0.1, 0.15) is 89.2 Å². The van der Waals surface area contributed by atoms with Crippen molar-refractivity contribution in [1.29, 1.82) is 0 Å². The van der Waals surface area contributed by atoms with E-state index < -0.39 is 0 Å². The molecule has 2 rings (SSSR count).